The zero-order valence-corrected chi connectivity index (χ0v) is 20.4. The van der Waals surface area contributed by atoms with Gasteiger partial charge in [0.1, 0.15) is 0 Å². The third-order valence-electron chi connectivity index (χ3n) is 2.93. The number of hydrogen-bond acceptors (Lipinski definition) is 1. The van der Waals surface area contributed by atoms with Crippen LogP contribution >= 0.6 is 28.1 Å². The van der Waals surface area contributed by atoms with Crippen molar-refractivity contribution in [2.45, 2.75) is 26.6 Å². The number of benzene rings is 2. The number of hydrogen-bond donors (Lipinski definition) is 0. The van der Waals surface area contributed by atoms with E-state index in [2.05, 4.69) is 70.9 Å². The summed E-state index contributed by atoms with van der Waals surface area (Å²) in [5.41, 5.74) is 4.10. The van der Waals surface area contributed by atoms with E-state index in [-0.39, 0.29) is 0 Å². The molecule has 0 aliphatic rings. The number of para-hydroxylation sites is 1. The first-order chi connectivity index (χ1) is 11.9. The molecule has 2 rings (SSSR count). The number of nitrogens with zero attached hydrogens (tertiary/aromatic N) is 2. The zero-order chi connectivity index (χ0) is 18.7. The van der Waals surface area contributed by atoms with E-state index in [4.69, 9.17) is 4.98 Å². The van der Waals surface area contributed by atoms with Gasteiger partial charge in [-0.1, -0.05) is 74.2 Å². The van der Waals surface area contributed by atoms with Crippen molar-refractivity contribution in [1.29, 1.82) is 0 Å². The Morgan fingerprint density at radius 3 is 1.92 bits per heavy atom. The first-order valence-electron chi connectivity index (χ1n) is 7.85. The molecule has 2 aromatic carbocycles. The van der Waals surface area contributed by atoms with Gasteiger partial charge in [0.25, 0.3) is 0 Å². The molecular formula is C19H23Br2CrN2Si. The molecule has 6 heteroatoms. The molecular weight excluding hydrogens is 496 g/mol. The Labute approximate surface area is 173 Å². The van der Waals surface area contributed by atoms with E-state index in [9.17, 15) is 0 Å². The molecule has 2 nitrogen and oxygen atoms in total. The van der Waals surface area contributed by atoms with E-state index >= 15 is 0 Å². The summed E-state index contributed by atoms with van der Waals surface area (Å²) in [6.07, 6.45) is 2.08. The van der Waals surface area contributed by atoms with Crippen molar-refractivity contribution in [2.75, 3.05) is 0 Å². The molecule has 0 bridgehead atoms. The van der Waals surface area contributed by atoms with Crippen molar-refractivity contribution in [3.63, 3.8) is 0 Å². The van der Waals surface area contributed by atoms with Gasteiger partial charge in [0.15, 0.2) is 0 Å². The van der Waals surface area contributed by atoms with E-state index in [1.54, 1.807) is 0 Å². The molecule has 0 heterocycles. The van der Waals surface area contributed by atoms with Crippen LogP contribution in [0.4, 0.5) is 5.69 Å². The van der Waals surface area contributed by atoms with Gasteiger partial charge in [-0.2, -0.15) is 0 Å². The minimum absolute atomic E-state index is 0.500. The Bertz CT molecular complexity index is 684. The molecule has 0 unspecified atom stereocenters. The van der Waals surface area contributed by atoms with Gasteiger partial charge in [-0.15, -0.1) is 5.70 Å². The van der Waals surface area contributed by atoms with Gasteiger partial charge in [0, 0.05) is 5.71 Å². The minimum atomic E-state index is -1.56. The molecule has 0 aliphatic heterocycles. The molecule has 0 saturated heterocycles. The van der Waals surface area contributed by atoms with Gasteiger partial charge in [-0.25, -0.2) is 0 Å². The van der Waals surface area contributed by atoms with Crippen LogP contribution in [0.1, 0.15) is 12.5 Å². The van der Waals surface area contributed by atoms with Crippen LogP contribution in [0.15, 0.2) is 71.7 Å². The molecule has 0 amide bonds. The SMILES string of the molecule is CC(C=C([N-][Si](C)(C)C)c1ccccc1)=Nc1ccccc1.[Br][Cr+][Br]. The summed E-state index contributed by atoms with van der Waals surface area (Å²) in [6, 6.07) is 20.3. The summed E-state index contributed by atoms with van der Waals surface area (Å²) in [5.74, 6) is 0. The normalized spacial score (nSPS) is 12.1. The van der Waals surface area contributed by atoms with Crippen molar-refractivity contribution in [1.82, 2.24) is 0 Å². The van der Waals surface area contributed by atoms with Gasteiger partial charge in [0.05, 0.1) is 5.69 Å². The summed E-state index contributed by atoms with van der Waals surface area (Å²) < 4.78 is 0. The van der Waals surface area contributed by atoms with E-state index in [0.29, 0.717) is 11.6 Å². The van der Waals surface area contributed by atoms with Crippen LogP contribution in [0.5, 0.6) is 0 Å². The molecule has 0 N–H and O–H groups in total. The number of rotatable bonds is 5. The molecule has 0 aliphatic carbocycles. The van der Waals surface area contributed by atoms with Crippen LogP contribution in [-0.2, 0) is 11.6 Å². The summed E-state index contributed by atoms with van der Waals surface area (Å²) in [4.78, 5) is 9.63. The Kier molecular flexibility index (Phi) is 10.6. The van der Waals surface area contributed by atoms with E-state index < -0.39 is 8.24 Å². The van der Waals surface area contributed by atoms with Crippen molar-refractivity contribution in [2.24, 2.45) is 4.99 Å². The molecule has 0 radical (unpaired) electrons. The van der Waals surface area contributed by atoms with Crippen LogP contribution in [0, 0.1) is 0 Å². The van der Waals surface area contributed by atoms with E-state index in [0.717, 1.165) is 22.7 Å². The maximum atomic E-state index is 4.98. The van der Waals surface area contributed by atoms with Crippen molar-refractivity contribution >= 4 is 53.4 Å². The fraction of sp³-hybridized carbons (Fsp3) is 0.211. The number of halogens is 2. The average Bonchev–Trinajstić information content (AvgIpc) is 2.55. The molecule has 0 spiro atoms. The number of aliphatic imine (C=N–C) groups is 1. The second-order valence-electron chi connectivity index (χ2n) is 6.33. The molecule has 0 atom stereocenters. The Morgan fingerprint density at radius 1 is 0.960 bits per heavy atom. The van der Waals surface area contributed by atoms with E-state index in [1.807, 2.05) is 55.5 Å². The standard InChI is InChI=1S/C19H23N2Si.2BrH.Cr/c1-16(20-18-13-9-6-10-14-18)15-19(21-22(2,3)4)17-11-7-5-8-12-17;;;/h5-15H,1-4H3;2*1H;/q-1;;;+3/p-2. The first-order valence-corrected chi connectivity index (χ1v) is 17.6. The van der Waals surface area contributed by atoms with Gasteiger partial charge in [-0.05, 0) is 32.9 Å². The van der Waals surface area contributed by atoms with Crippen LogP contribution < -0.4 is 0 Å². The summed E-state index contributed by atoms with van der Waals surface area (Å²) in [5, 5.41) is 0. The van der Waals surface area contributed by atoms with Crippen LogP contribution in [0.25, 0.3) is 10.7 Å². The predicted molar refractivity (Wildman–Crippen MR) is 118 cm³/mol. The average molecular weight is 519 g/mol. The number of allylic oxidation sites excluding steroid dienone is 1. The predicted octanol–water partition coefficient (Wildman–Crippen LogP) is 7.72. The quantitative estimate of drug-likeness (QED) is 0.286. The fourth-order valence-electron chi connectivity index (χ4n) is 2.09. The second kappa shape index (κ2) is 11.9. The molecule has 0 fully saturated rings. The van der Waals surface area contributed by atoms with Crippen molar-refractivity contribution in [3.05, 3.63) is 77.3 Å². The third kappa shape index (κ3) is 10.2. The van der Waals surface area contributed by atoms with Crippen molar-refractivity contribution in [3.8, 4) is 0 Å². The Balaban J connectivity index is 0.000000970. The monoisotopic (exact) mass is 517 g/mol. The van der Waals surface area contributed by atoms with Gasteiger partial charge >= 0.3 is 39.7 Å². The van der Waals surface area contributed by atoms with Gasteiger partial charge < -0.3 is 4.98 Å². The van der Waals surface area contributed by atoms with Crippen LogP contribution in [-0.4, -0.2) is 13.9 Å². The Morgan fingerprint density at radius 2 is 1.44 bits per heavy atom. The van der Waals surface area contributed by atoms with Crippen LogP contribution in [0.2, 0.25) is 19.6 Å². The summed E-state index contributed by atoms with van der Waals surface area (Å²) >= 11 is 6.75. The van der Waals surface area contributed by atoms with Crippen LogP contribution in [0.3, 0.4) is 0 Å². The maximum absolute atomic E-state index is 4.98. The Hall–Kier alpha value is -0.641. The molecule has 0 saturated carbocycles. The first kappa shape index (κ1) is 22.4. The second-order valence-corrected chi connectivity index (χ2v) is 17.3. The summed E-state index contributed by atoms with van der Waals surface area (Å²) in [7, 11) is -1.56. The van der Waals surface area contributed by atoms with Gasteiger partial charge in [-0.3, -0.25) is 4.99 Å². The molecule has 0 aromatic heterocycles. The van der Waals surface area contributed by atoms with E-state index in [1.165, 1.54) is 0 Å². The summed E-state index contributed by atoms with van der Waals surface area (Å²) in [6.45, 7) is 8.75. The fourth-order valence-corrected chi connectivity index (χ4v) is 3.00. The molecule has 133 valence electrons. The molecule has 25 heavy (non-hydrogen) atoms. The zero-order valence-electron chi connectivity index (χ0n) is 14.9. The van der Waals surface area contributed by atoms with Crippen molar-refractivity contribution < 1.29 is 11.6 Å². The topological polar surface area (TPSA) is 26.5 Å². The third-order valence-corrected chi connectivity index (χ3v) is 3.84. The molecule has 2 aromatic rings. The van der Waals surface area contributed by atoms with Gasteiger partial charge in [0.2, 0.25) is 0 Å².